The van der Waals surface area contributed by atoms with Crippen molar-refractivity contribution in [2.24, 2.45) is 11.8 Å². The minimum Gasteiger partial charge on any atom is -0.542 e. The zero-order valence-corrected chi connectivity index (χ0v) is 22.5. The SMILES string of the molecule is CC(C)COc1cccc2oc(C(=O)[O-])cc(=O)c12.CC(C)COc1cccc2oc(C(=O)[O-])cc(=O)c12.[Cu+2]. The molecule has 2 aromatic heterocycles. The van der Waals surface area contributed by atoms with Crippen molar-refractivity contribution in [3.8, 4) is 11.5 Å². The van der Waals surface area contributed by atoms with Gasteiger partial charge in [-0.2, -0.15) is 0 Å². The van der Waals surface area contributed by atoms with Crippen molar-refractivity contribution in [3.63, 3.8) is 0 Å². The topological polar surface area (TPSA) is 159 Å². The van der Waals surface area contributed by atoms with Crippen LogP contribution in [0.3, 0.4) is 0 Å². The first-order chi connectivity index (χ1) is 18.0. The molecule has 0 spiro atoms. The van der Waals surface area contributed by atoms with Crippen LogP contribution in [-0.2, 0) is 17.1 Å². The number of carboxylic acid groups (broad SMARTS) is 2. The van der Waals surface area contributed by atoms with E-state index in [1.807, 2.05) is 27.7 Å². The predicted octanol–water partition coefficient (Wildman–Crippen LogP) is 2.38. The maximum atomic E-state index is 11.9. The third kappa shape index (κ3) is 7.95. The van der Waals surface area contributed by atoms with Crippen molar-refractivity contribution in [2.75, 3.05) is 13.2 Å². The van der Waals surface area contributed by atoms with Crippen molar-refractivity contribution < 1.29 is 55.2 Å². The molecule has 1 radical (unpaired) electrons. The van der Waals surface area contributed by atoms with E-state index in [4.69, 9.17) is 18.3 Å². The van der Waals surface area contributed by atoms with E-state index in [1.54, 1.807) is 24.3 Å². The molecule has 0 unspecified atom stereocenters. The number of hydrogen-bond acceptors (Lipinski definition) is 10. The second kappa shape index (κ2) is 13.6. The molecule has 2 heterocycles. The Morgan fingerprint density at radius 1 is 0.718 bits per heavy atom. The first-order valence-electron chi connectivity index (χ1n) is 11.8. The van der Waals surface area contributed by atoms with Crippen LogP contribution in [0.25, 0.3) is 21.9 Å². The maximum absolute atomic E-state index is 11.9. The molecule has 10 nitrogen and oxygen atoms in total. The van der Waals surface area contributed by atoms with Gasteiger partial charge >= 0.3 is 17.1 Å². The molecule has 11 heteroatoms. The normalized spacial score (nSPS) is 10.6. The molecule has 2 aromatic carbocycles. The maximum Gasteiger partial charge on any atom is 2.00 e. The van der Waals surface area contributed by atoms with Gasteiger partial charge in [0.05, 0.1) is 13.2 Å². The number of carbonyl (C=O) groups is 2. The summed E-state index contributed by atoms with van der Waals surface area (Å²) in [5, 5.41) is 21.9. The summed E-state index contributed by atoms with van der Waals surface area (Å²) in [6, 6.07) is 11.4. The second-order valence-corrected chi connectivity index (χ2v) is 9.19. The van der Waals surface area contributed by atoms with Crippen LogP contribution in [0.4, 0.5) is 0 Å². The number of carboxylic acids is 2. The van der Waals surface area contributed by atoms with E-state index in [2.05, 4.69) is 0 Å². The molecule has 209 valence electrons. The van der Waals surface area contributed by atoms with E-state index >= 15 is 0 Å². The molecule has 0 aliphatic heterocycles. The fraction of sp³-hybridized carbons (Fsp3) is 0.286. The Labute approximate surface area is 233 Å². The molecule has 0 fully saturated rings. The molecule has 0 N–H and O–H groups in total. The molecule has 0 amide bonds. The minimum absolute atomic E-state index is 0. The van der Waals surface area contributed by atoms with Gasteiger partial charge in [0.15, 0.2) is 22.4 Å². The van der Waals surface area contributed by atoms with Crippen LogP contribution in [0.5, 0.6) is 11.5 Å². The Bertz CT molecular complexity index is 1460. The van der Waals surface area contributed by atoms with Crippen LogP contribution in [0, 0.1) is 11.8 Å². The summed E-state index contributed by atoms with van der Waals surface area (Å²) in [7, 11) is 0. The van der Waals surface area contributed by atoms with Crippen molar-refractivity contribution in [1.82, 2.24) is 0 Å². The van der Waals surface area contributed by atoms with Gasteiger partial charge in [-0.1, -0.05) is 39.8 Å². The molecule has 4 aromatic rings. The average molecular weight is 586 g/mol. The number of aromatic carboxylic acids is 2. The summed E-state index contributed by atoms with van der Waals surface area (Å²) in [6.45, 7) is 8.87. The molecule has 0 saturated heterocycles. The van der Waals surface area contributed by atoms with Gasteiger partial charge in [0.1, 0.15) is 45.4 Å². The predicted molar refractivity (Wildman–Crippen MR) is 134 cm³/mol. The fourth-order valence-corrected chi connectivity index (χ4v) is 3.31. The number of ether oxygens (including phenoxy) is 2. The van der Waals surface area contributed by atoms with E-state index in [1.165, 1.54) is 12.1 Å². The van der Waals surface area contributed by atoms with E-state index in [0.717, 1.165) is 12.1 Å². The molecule has 0 aliphatic carbocycles. The minimum atomic E-state index is -1.52. The van der Waals surface area contributed by atoms with Gasteiger partial charge in [-0.3, -0.25) is 9.59 Å². The van der Waals surface area contributed by atoms with Gasteiger partial charge in [-0.15, -0.1) is 0 Å². The van der Waals surface area contributed by atoms with Gasteiger partial charge in [0, 0.05) is 12.1 Å². The number of fused-ring (bicyclic) bond motifs is 2. The summed E-state index contributed by atoms with van der Waals surface area (Å²) in [4.78, 5) is 45.3. The number of hydrogen-bond donors (Lipinski definition) is 0. The second-order valence-electron chi connectivity index (χ2n) is 9.19. The first kappa shape index (κ1) is 31.1. The number of benzene rings is 2. The molecule has 0 bridgehead atoms. The van der Waals surface area contributed by atoms with Gasteiger partial charge in [0.2, 0.25) is 0 Å². The van der Waals surface area contributed by atoms with Crippen LogP contribution in [-0.4, -0.2) is 25.2 Å². The summed E-state index contributed by atoms with van der Waals surface area (Å²) in [5.41, 5.74) is -0.569. The van der Waals surface area contributed by atoms with Crippen molar-refractivity contribution in [2.45, 2.75) is 27.7 Å². The zero-order chi connectivity index (χ0) is 28.0. The fourth-order valence-electron chi connectivity index (χ4n) is 3.31. The molecule has 0 aliphatic rings. The molecular formula is C28H26CuO10. The average Bonchev–Trinajstić information content (AvgIpc) is 2.85. The largest absolute Gasteiger partial charge is 2.00 e. The van der Waals surface area contributed by atoms with Gasteiger partial charge in [0.25, 0.3) is 0 Å². The summed E-state index contributed by atoms with van der Waals surface area (Å²) in [6.07, 6.45) is 0. The van der Waals surface area contributed by atoms with Crippen molar-refractivity contribution in [3.05, 3.63) is 80.5 Å². The summed E-state index contributed by atoms with van der Waals surface area (Å²) >= 11 is 0. The molecule has 0 saturated carbocycles. The van der Waals surface area contributed by atoms with E-state index in [9.17, 15) is 29.4 Å². The van der Waals surface area contributed by atoms with Crippen LogP contribution in [0.15, 0.2) is 67.0 Å². The molecule has 4 rings (SSSR count). The third-order valence-electron chi connectivity index (χ3n) is 4.98. The van der Waals surface area contributed by atoms with Crippen molar-refractivity contribution in [1.29, 1.82) is 0 Å². The van der Waals surface area contributed by atoms with E-state index in [-0.39, 0.29) is 39.0 Å². The Hall–Kier alpha value is -4.08. The van der Waals surface area contributed by atoms with Crippen LogP contribution < -0.4 is 30.5 Å². The molecule has 39 heavy (non-hydrogen) atoms. The van der Waals surface area contributed by atoms with E-state index in [0.29, 0.717) is 36.5 Å². The van der Waals surface area contributed by atoms with E-state index < -0.39 is 34.3 Å². The standard InChI is InChI=1S/2C14H14O5.Cu/c2*1-8(2)7-18-10-4-3-5-11-13(10)9(15)6-12(19-11)14(16)17;/h2*3-6,8H,7H2,1-2H3,(H,16,17);/q;;+2/p-2. The van der Waals surface area contributed by atoms with Gasteiger partial charge in [-0.05, 0) is 36.1 Å². The molecule has 0 atom stereocenters. The summed E-state index contributed by atoms with van der Waals surface area (Å²) in [5.74, 6) is -2.61. The van der Waals surface area contributed by atoms with Crippen molar-refractivity contribution >= 4 is 33.9 Å². The zero-order valence-electron chi connectivity index (χ0n) is 21.6. The molecular weight excluding hydrogens is 560 g/mol. The van der Waals surface area contributed by atoms with Crippen LogP contribution in [0.1, 0.15) is 48.8 Å². The van der Waals surface area contributed by atoms with Gasteiger partial charge < -0.3 is 38.1 Å². The monoisotopic (exact) mass is 585 g/mol. The third-order valence-corrected chi connectivity index (χ3v) is 4.98. The summed E-state index contributed by atoms with van der Waals surface area (Å²) < 4.78 is 21.3. The first-order valence-corrected chi connectivity index (χ1v) is 11.8. The smallest absolute Gasteiger partial charge is 0.542 e. The Balaban J connectivity index is 0.000000267. The number of rotatable bonds is 8. The Morgan fingerprint density at radius 2 is 1.08 bits per heavy atom. The number of carbonyl (C=O) groups excluding carboxylic acids is 2. The quantitative estimate of drug-likeness (QED) is 0.281. The van der Waals surface area contributed by atoms with Gasteiger partial charge in [-0.25, -0.2) is 0 Å². The van der Waals surface area contributed by atoms with Crippen LogP contribution in [0.2, 0.25) is 0 Å². The Kier molecular flexibility index (Phi) is 10.9. The van der Waals surface area contributed by atoms with Crippen LogP contribution >= 0.6 is 0 Å². The Morgan fingerprint density at radius 3 is 1.38 bits per heavy atom.